The molecule has 1 aromatic heterocycles. The highest BCUT2D eigenvalue weighted by molar-refractivity contribution is 7.71. The lowest BCUT2D eigenvalue weighted by atomic mass is 9.90. The van der Waals surface area contributed by atoms with Crippen LogP contribution in [-0.2, 0) is 0 Å². The van der Waals surface area contributed by atoms with Crippen LogP contribution in [0.1, 0.15) is 48.7 Å². The smallest absolute Gasteiger partial charge is 0.132 e. The van der Waals surface area contributed by atoms with Gasteiger partial charge in [-0.3, -0.25) is 0 Å². The number of hydrogen-bond donors (Lipinski definition) is 1. The summed E-state index contributed by atoms with van der Waals surface area (Å²) in [4.78, 5) is 10.7. The van der Waals surface area contributed by atoms with Crippen LogP contribution in [0.15, 0.2) is 0 Å². The van der Waals surface area contributed by atoms with Crippen LogP contribution in [0.2, 0.25) is 0 Å². The van der Waals surface area contributed by atoms with Gasteiger partial charge >= 0.3 is 0 Å². The zero-order valence-electron chi connectivity index (χ0n) is 11.4. The minimum absolute atomic E-state index is 0.569. The normalized spacial score (nSPS) is 31.8. The summed E-state index contributed by atoms with van der Waals surface area (Å²) < 4.78 is 0.771. The van der Waals surface area contributed by atoms with Crippen molar-refractivity contribution in [3.63, 3.8) is 0 Å². The Morgan fingerprint density at radius 3 is 2.39 bits per heavy atom. The molecule has 0 aromatic carbocycles. The predicted octanol–water partition coefficient (Wildman–Crippen LogP) is 3.10. The fourth-order valence-corrected chi connectivity index (χ4v) is 3.75. The van der Waals surface area contributed by atoms with Gasteiger partial charge in [-0.15, -0.1) is 0 Å². The van der Waals surface area contributed by atoms with Crippen molar-refractivity contribution in [1.82, 2.24) is 14.9 Å². The Kier molecular flexibility index (Phi) is 3.02. The molecule has 0 spiro atoms. The molecule has 0 amide bonds. The molecule has 2 unspecified atom stereocenters. The first-order chi connectivity index (χ1) is 8.56. The molecule has 2 atom stereocenters. The van der Waals surface area contributed by atoms with Crippen LogP contribution in [0, 0.1) is 18.5 Å². The maximum absolute atomic E-state index is 5.35. The van der Waals surface area contributed by atoms with Gasteiger partial charge in [-0.2, -0.15) is 0 Å². The molecular formula is C14H21N3S. The summed E-state index contributed by atoms with van der Waals surface area (Å²) in [7, 11) is 2.27. The highest BCUT2D eigenvalue weighted by atomic mass is 32.1. The Morgan fingerprint density at radius 2 is 1.83 bits per heavy atom. The fraction of sp³-hybridized carbons (Fsp3) is 0.714. The molecule has 4 heteroatoms. The first-order valence-corrected chi connectivity index (χ1v) is 7.26. The largest absolute Gasteiger partial charge is 0.347 e. The van der Waals surface area contributed by atoms with Gasteiger partial charge < -0.3 is 9.88 Å². The summed E-state index contributed by atoms with van der Waals surface area (Å²) in [6.45, 7) is 4.14. The summed E-state index contributed by atoms with van der Waals surface area (Å²) in [6.07, 6.45) is 5.16. The monoisotopic (exact) mass is 263 g/mol. The average molecular weight is 263 g/mol. The zero-order valence-corrected chi connectivity index (χ0v) is 12.2. The third-order valence-electron chi connectivity index (χ3n) is 4.91. The molecule has 2 aliphatic rings. The van der Waals surface area contributed by atoms with Crippen LogP contribution in [-0.4, -0.2) is 34.0 Å². The summed E-state index contributed by atoms with van der Waals surface area (Å²) in [6, 6.07) is 1.50. The number of fused-ring (bicyclic) bond motifs is 2. The minimum Gasteiger partial charge on any atom is -0.347 e. The standard InChI is InChI=1S/C14H21N3S/c1-8-9(2)15-13(16-14(8)18)10-6-11-4-5-12(7-10)17(11)3/h10-12H,4-7H2,1-3H3,(H,15,16,18). The minimum atomic E-state index is 0.569. The van der Waals surface area contributed by atoms with Crippen LogP contribution < -0.4 is 0 Å². The highest BCUT2D eigenvalue weighted by Gasteiger charge is 2.39. The van der Waals surface area contributed by atoms with Crippen molar-refractivity contribution in [3.05, 3.63) is 21.7 Å². The van der Waals surface area contributed by atoms with E-state index in [0.717, 1.165) is 28.1 Å². The molecule has 2 fully saturated rings. The van der Waals surface area contributed by atoms with Gasteiger partial charge in [0.15, 0.2) is 0 Å². The van der Waals surface area contributed by atoms with E-state index in [-0.39, 0.29) is 0 Å². The molecule has 1 aromatic rings. The second-order valence-corrected chi connectivity index (χ2v) is 6.28. The number of piperidine rings is 1. The Labute approximate surface area is 114 Å². The Bertz CT molecular complexity index is 508. The van der Waals surface area contributed by atoms with E-state index in [1.807, 2.05) is 6.92 Å². The van der Waals surface area contributed by atoms with Crippen molar-refractivity contribution in [2.75, 3.05) is 7.05 Å². The number of nitrogens with one attached hydrogen (secondary N) is 1. The van der Waals surface area contributed by atoms with Gasteiger partial charge in [0, 0.05) is 29.3 Å². The highest BCUT2D eigenvalue weighted by Crippen LogP contribution is 2.41. The van der Waals surface area contributed by atoms with Gasteiger partial charge in [0.1, 0.15) is 10.5 Å². The van der Waals surface area contributed by atoms with E-state index in [2.05, 4.69) is 28.8 Å². The Balaban J connectivity index is 1.91. The molecule has 3 nitrogen and oxygen atoms in total. The molecule has 3 rings (SSSR count). The van der Waals surface area contributed by atoms with Gasteiger partial charge in [0.05, 0.1) is 0 Å². The SMILES string of the molecule is Cc1[nH]c(C2CC3CCC(C2)N3C)nc(=S)c1C. The second-order valence-electron chi connectivity index (χ2n) is 5.90. The third-order valence-corrected chi connectivity index (χ3v) is 5.30. The fourth-order valence-electron chi connectivity index (χ4n) is 3.50. The van der Waals surface area contributed by atoms with E-state index in [9.17, 15) is 0 Å². The topological polar surface area (TPSA) is 31.9 Å². The van der Waals surface area contributed by atoms with Crippen molar-refractivity contribution in [2.24, 2.45) is 0 Å². The van der Waals surface area contributed by atoms with Crippen LogP contribution in [0.3, 0.4) is 0 Å². The van der Waals surface area contributed by atoms with Crippen LogP contribution >= 0.6 is 12.2 Å². The van der Waals surface area contributed by atoms with E-state index in [1.165, 1.54) is 31.4 Å². The average Bonchev–Trinajstić information content (AvgIpc) is 2.57. The maximum atomic E-state index is 5.35. The number of hydrogen-bond acceptors (Lipinski definition) is 3. The van der Waals surface area contributed by atoms with Gasteiger partial charge in [-0.05, 0) is 46.6 Å². The maximum Gasteiger partial charge on any atom is 0.132 e. The number of aryl methyl sites for hydroxylation is 1. The molecule has 3 heterocycles. The summed E-state index contributed by atoms with van der Waals surface area (Å²) in [5.74, 6) is 1.69. The number of aromatic amines is 1. The van der Waals surface area contributed by atoms with E-state index in [0.29, 0.717) is 5.92 Å². The lowest BCUT2D eigenvalue weighted by Gasteiger charge is -2.35. The second kappa shape index (κ2) is 4.42. The van der Waals surface area contributed by atoms with Crippen molar-refractivity contribution in [1.29, 1.82) is 0 Å². The molecule has 2 bridgehead atoms. The van der Waals surface area contributed by atoms with Gasteiger partial charge in [-0.1, -0.05) is 12.2 Å². The van der Waals surface area contributed by atoms with Crippen LogP contribution in [0.4, 0.5) is 0 Å². The molecule has 98 valence electrons. The van der Waals surface area contributed by atoms with E-state index in [4.69, 9.17) is 12.2 Å². The summed E-state index contributed by atoms with van der Waals surface area (Å²) in [5.41, 5.74) is 2.29. The molecule has 2 aliphatic heterocycles. The first kappa shape index (κ1) is 12.3. The lowest BCUT2D eigenvalue weighted by molar-refractivity contribution is 0.158. The molecular weight excluding hydrogens is 242 g/mol. The van der Waals surface area contributed by atoms with Crippen LogP contribution in [0.5, 0.6) is 0 Å². The van der Waals surface area contributed by atoms with Gasteiger partial charge in [0.2, 0.25) is 0 Å². The van der Waals surface area contributed by atoms with Crippen molar-refractivity contribution in [3.8, 4) is 0 Å². The molecule has 0 radical (unpaired) electrons. The number of rotatable bonds is 1. The number of nitrogens with zero attached hydrogens (tertiary/aromatic N) is 2. The molecule has 2 saturated heterocycles. The van der Waals surface area contributed by atoms with E-state index >= 15 is 0 Å². The quantitative estimate of drug-likeness (QED) is 0.790. The summed E-state index contributed by atoms with van der Waals surface area (Å²) >= 11 is 5.35. The zero-order chi connectivity index (χ0) is 12.9. The lowest BCUT2D eigenvalue weighted by Crippen LogP contribution is -2.39. The number of H-pyrrole nitrogens is 1. The van der Waals surface area contributed by atoms with Crippen molar-refractivity contribution in [2.45, 2.75) is 57.5 Å². The molecule has 0 saturated carbocycles. The van der Waals surface area contributed by atoms with Gasteiger partial charge in [-0.25, -0.2) is 4.98 Å². The number of aromatic nitrogens is 2. The Hall–Kier alpha value is -0.740. The molecule has 1 N–H and O–H groups in total. The third kappa shape index (κ3) is 1.91. The van der Waals surface area contributed by atoms with Gasteiger partial charge in [0.25, 0.3) is 0 Å². The van der Waals surface area contributed by atoms with Crippen LogP contribution in [0.25, 0.3) is 0 Å². The first-order valence-electron chi connectivity index (χ1n) is 6.85. The molecule has 18 heavy (non-hydrogen) atoms. The van der Waals surface area contributed by atoms with E-state index in [1.54, 1.807) is 0 Å². The summed E-state index contributed by atoms with van der Waals surface area (Å²) in [5, 5.41) is 0. The van der Waals surface area contributed by atoms with Crippen molar-refractivity contribution < 1.29 is 0 Å². The predicted molar refractivity (Wildman–Crippen MR) is 75.4 cm³/mol. The molecule has 0 aliphatic carbocycles. The van der Waals surface area contributed by atoms with Crippen molar-refractivity contribution >= 4 is 12.2 Å². The Morgan fingerprint density at radius 1 is 1.22 bits per heavy atom. The van der Waals surface area contributed by atoms with E-state index < -0.39 is 0 Å².